The lowest BCUT2D eigenvalue weighted by Gasteiger charge is -2.35. The summed E-state index contributed by atoms with van der Waals surface area (Å²) in [6.45, 7) is 3.13. The van der Waals surface area contributed by atoms with Gasteiger partial charge in [0.2, 0.25) is 5.88 Å². The highest BCUT2D eigenvalue weighted by Gasteiger charge is 2.47. The molecule has 3 aliphatic rings. The van der Waals surface area contributed by atoms with E-state index in [9.17, 15) is 0 Å². The Kier molecular flexibility index (Phi) is 4.36. The molecule has 7 nitrogen and oxygen atoms in total. The smallest absolute Gasteiger partial charge is 0.225 e. The first-order valence-electron chi connectivity index (χ1n) is 10.3. The number of rotatable bonds is 2. The molecular weight excluding hydrogens is 410 g/mol. The summed E-state index contributed by atoms with van der Waals surface area (Å²) in [5.41, 5.74) is 10.7. The van der Waals surface area contributed by atoms with Gasteiger partial charge >= 0.3 is 0 Å². The summed E-state index contributed by atoms with van der Waals surface area (Å²) in [5.74, 6) is 2.08. The molecule has 3 aliphatic heterocycles. The van der Waals surface area contributed by atoms with Crippen LogP contribution in [0.2, 0.25) is 0 Å². The number of ether oxygens (including phenoxy) is 2. The predicted molar refractivity (Wildman–Crippen MR) is 122 cm³/mol. The molecule has 5 heterocycles. The molecule has 3 aromatic rings. The first kappa shape index (κ1) is 18.7. The van der Waals surface area contributed by atoms with Crippen molar-refractivity contribution >= 4 is 22.6 Å². The van der Waals surface area contributed by atoms with Crippen molar-refractivity contribution < 1.29 is 9.47 Å². The number of morpholine rings is 1. The standard InChI is InChI=1S/C23H21N5O2S/c24-22-27-23(14-31-22)18-10-15(16-2-1-5-25-12-16)3-4-20(18)30-21-19(23)11-17(13-26-21)28-6-8-29-9-7-28/h1-5,10-13H,6-9,14H2,(H2,24,27). The topological polar surface area (TPSA) is 85.9 Å². The lowest BCUT2D eigenvalue weighted by Crippen LogP contribution is -2.37. The summed E-state index contributed by atoms with van der Waals surface area (Å²) in [7, 11) is 0. The van der Waals surface area contributed by atoms with Crippen molar-refractivity contribution in [3.05, 3.63) is 66.1 Å². The van der Waals surface area contributed by atoms with Gasteiger partial charge in [-0.1, -0.05) is 23.9 Å². The molecule has 1 unspecified atom stereocenters. The van der Waals surface area contributed by atoms with Crippen LogP contribution in [0.5, 0.6) is 11.6 Å². The van der Waals surface area contributed by atoms with Crippen LogP contribution < -0.4 is 15.4 Å². The van der Waals surface area contributed by atoms with Crippen LogP contribution in [0.25, 0.3) is 11.1 Å². The zero-order valence-electron chi connectivity index (χ0n) is 16.8. The number of aliphatic imine (C=N–C) groups is 1. The minimum absolute atomic E-state index is 0.586. The number of aromatic nitrogens is 2. The van der Waals surface area contributed by atoms with E-state index < -0.39 is 5.54 Å². The van der Waals surface area contributed by atoms with Gasteiger partial charge in [-0.2, -0.15) is 0 Å². The van der Waals surface area contributed by atoms with Gasteiger partial charge in [-0.25, -0.2) is 9.98 Å². The molecule has 0 bridgehead atoms. The molecule has 1 saturated heterocycles. The Bertz CT molecular complexity index is 1180. The van der Waals surface area contributed by atoms with Gasteiger partial charge < -0.3 is 20.1 Å². The number of benzene rings is 1. The first-order valence-corrected chi connectivity index (χ1v) is 11.3. The molecule has 31 heavy (non-hydrogen) atoms. The van der Waals surface area contributed by atoms with E-state index in [-0.39, 0.29) is 0 Å². The molecule has 156 valence electrons. The molecule has 0 aliphatic carbocycles. The zero-order valence-corrected chi connectivity index (χ0v) is 17.6. The fourth-order valence-corrected chi connectivity index (χ4v) is 5.38. The van der Waals surface area contributed by atoms with Crippen LogP contribution >= 0.6 is 11.8 Å². The molecule has 1 atom stereocenters. The second-order valence-electron chi connectivity index (χ2n) is 7.80. The minimum Gasteiger partial charge on any atom is -0.438 e. The maximum atomic E-state index is 6.24. The molecular formula is C23H21N5O2S. The van der Waals surface area contributed by atoms with Gasteiger partial charge in [0.05, 0.1) is 25.1 Å². The fraction of sp³-hybridized carbons (Fsp3) is 0.261. The molecule has 2 aromatic heterocycles. The predicted octanol–water partition coefficient (Wildman–Crippen LogP) is 3.39. The monoisotopic (exact) mass is 431 g/mol. The molecule has 1 spiro atoms. The van der Waals surface area contributed by atoms with E-state index in [1.807, 2.05) is 30.6 Å². The van der Waals surface area contributed by atoms with E-state index in [0.717, 1.165) is 60.0 Å². The van der Waals surface area contributed by atoms with Gasteiger partial charge in [-0.3, -0.25) is 4.98 Å². The zero-order chi connectivity index (χ0) is 20.8. The number of anilines is 1. The molecule has 1 fully saturated rings. The van der Waals surface area contributed by atoms with E-state index in [1.165, 1.54) is 0 Å². The third kappa shape index (κ3) is 3.05. The Labute approximate surface area is 184 Å². The van der Waals surface area contributed by atoms with Crippen molar-refractivity contribution in [2.24, 2.45) is 10.7 Å². The van der Waals surface area contributed by atoms with Crippen molar-refractivity contribution in [2.45, 2.75) is 5.54 Å². The number of nitrogens with zero attached hydrogens (tertiary/aromatic N) is 4. The van der Waals surface area contributed by atoms with Gasteiger partial charge in [-0.05, 0) is 29.8 Å². The van der Waals surface area contributed by atoms with Crippen molar-refractivity contribution in [3.63, 3.8) is 0 Å². The van der Waals surface area contributed by atoms with E-state index in [4.69, 9.17) is 20.2 Å². The van der Waals surface area contributed by atoms with Crippen molar-refractivity contribution in [3.8, 4) is 22.8 Å². The molecule has 2 N–H and O–H groups in total. The Hall–Kier alpha value is -3.10. The van der Waals surface area contributed by atoms with Gasteiger partial charge in [0.25, 0.3) is 0 Å². The summed E-state index contributed by atoms with van der Waals surface area (Å²) in [6, 6.07) is 12.4. The van der Waals surface area contributed by atoms with E-state index in [0.29, 0.717) is 16.8 Å². The Morgan fingerprint density at radius 1 is 1.03 bits per heavy atom. The molecule has 0 amide bonds. The summed E-state index contributed by atoms with van der Waals surface area (Å²) >= 11 is 1.57. The van der Waals surface area contributed by atoms with E-state index in [2.05, 4.69) is 33.1 Å². The minimum atomic E-state index is -0.620. The van der Waals surface area contributed by atoms with Crippen molar-refractivity contribution in [1.82, 2.24) is 9.97 Å². The third-order valence-corrected chi connectivity index (χ3v) is 6.96. The van der Waals surface area contributed by atoms with Crippen LogP contribution in [0, 0.1) is 0 Å². The molecule has 8 heteroatoms. The van der Waals surface area contributed by atoms with Crippen LogP contribution in [0.3, 0.4) is 0 Å². The van der Waals surface area contributed by atoms with Crippen LogP contribution in [-0.2, 0) is 10.3 Å². The van der Waals surface area contributed by atoms with E-state index >= 15 is 0 Å². The highest BCUT2D eigenvalue weighted by atomic mass is 32.2. The SMILES string of the molecule is NC1=NC2(CS1)c1cc(-c3cccnc3)ccc1Oc1ncc(N3CCOCC3)cc12. The average Bonchev–Trinajstić information content (AvgIpc) is 3.22. The second kappa shape index (κ2) is 7.25. The summed E-state index contributed by atoms with van der Waals surface area (Å²) in [6.07, 6.45) is 5.52. The van der Waals surface area contributed by atoms with Gasteiger partial charge in [0.1, 0.15) is 11.3 Å². The second-order valence-corrected chi connectivity index (χ2v) is 8.79. The number of pyridine rings is 2. The Morgan fingerprint density at radius 3 is 2.71 bits per heavy atom. The highest BCUT2D eigenvalue weighted by molar-refractivity contribution is 8.14. The summed E-state index contributed by atoms with van der Waals surface area (Å²) in [5, 5.41) is 0.586. The maximum Gasteiger partial charge on any atom is 0.225 e. The molecule has 1 aromatic carbocycles. The van der Waals surface area contributed by atoms with Crippen LogP contribution in [0.1, 0.15) is 11.1 Å². The average molecular weight is 432 g/mol. The number of hydrogen-bond donors (Lipinski definition) is 1. The quantitative estimate of drug-likeness (QED) is 0.666. The summed E-state index contributed by atoms with van der Waals surface area (Å²) < 4.78 is 11.8. The van der Waals surface area contributed by atoms with Crippen LogP contribution in [0.4, 0.5) is 5.69 Å². The normalized spacial score (nSPS) is 21.9. The number of hydrogen-bond acceptors (Lipinski definition) is 8. The maximum absolute atomic E-state index is 6.24. The van der Waals surface area contributed by atoms with Gasteiger partial charge in [0, 0.05) is 47.9 Å². The molecule has 0 radical (unpaired) electrons. The first-order chi connectivity index (χ1) is 15.2. The fourth-order valence-electron chi connectivity index (χ4n) is 4.42. The van der Waals surface area contributed by atoms with Crippen molar-refractivity contribution in [1.29, 1.82) is 0 Å². The Balaban J connectivity index is 1.51. The van der Waals surface area contributed by atoms with Gasteiger partial charge in [-0.15, -0.1) is 0 Å². The van der Waals surface area contributed by atoms with Crippen LogP contribution in [0.15, 0.2) is 60.0 Å². The highest BCUT2D eigenvalue weighted by Crippen LogP contribution is 2.53. The van der Waals surface area contributed by atoms with E-state index in [1.54, 1.807) is 18.0 Å². The molecule has 6 rings (SSSR count). The number of fused-ring (bicyclic) bond motifs is 4. The van der Waals surface area contributed by atoms with Crippen LogP contribution in [-0.4, -0.2) is 47.2 Å². The molecule has 0 saturated carbocycles. The number of nitrogens with two attached hydrogens (primary N) is 1. The lowest BCUT2D eigenvalue weighted by molar-refractivity contribution is 0.122. The number of amidine groups is 1. The largest absolute Gasteiger partial charge is 0.438 e. The van der Waals surface area contributed by atoms with Gasteiger partial charge in [0.15, 0.2) is 5.17 Å². The van der Waals surface area contributed by atoms with Crippen molar-refractivity contribution in [2.75, 3.05) is 37.0 Å². The summed E-state index contributed by atoms with van der Waals surface area (Å²) in [4.78, 5) is 16.2. The lowest BCUT2D eigenvalue weighted by atomic mass is 9.82. The third-order valence-electron chi connectivity index (χ3n) is 6.02. The number of thioether (sulfide) groups is 1. The Morgan fingerprint density at radius 2 is 1.94 bits per heavy atom.